The first kappa shape index (κ1) is 20.8. The van der Waals surface area contributed by atoms with Crippen molar-refractivity contribution in [1.82, 2.24) is 0 Å². The molecule has 4 heteroatoms. The van der Waals surface area contributed by atoms with Crippen molar-refractivity contribution >= 4 is 5.97 Å². The lowest BCUT2D eigenvalue weighted by Crippen LogP contribution is -2.49. The Hall–Kier alpha value is -2.43. The van der Waals surface area contributed by atoms with Gasteiger partial charge in [0, 0.05) is 11.5 Å². The van der Waals surface area contributed by atoms with E-state index in [0.717, 1.165) is 19.3 Å². The van der Waals surface area contributed by atoms with Crippen LogP contribution in [0.3, 0.4) is 0 Å². The van der Waals surface area contributed by atoms with Gasteiger partial charge in [0.25, 0.3) is 0 Å². The summed E-state index contributed by atoms with van der Waals surface area (Å²) in [7, 11) is 0. The second-order valence-electron chi connectivity index (χ2n) is 8.66. The van der Waals surface area contributed by atoms with E-state index in [4.69, 9.17) is 14.2 Å². The first-order chi connectivity index (χ1) is 14.5. The maximum Gasteiger partial charge on any atom is 0.330 e. The zero-order valence-corrected chi connectivity index (χ0v) is 17.8. The number of rotatable bonds is 6. The summed E-state index contributed by atoms with van der Waals surface area (Å²) in [4.78, 5) is 12.4. The van der Waals surface area contributed by atoms with Crippen molar-refractivity contribution in [2.45, 2.75) is 51.4 Å². The van der Waals surface area contributed by atoms with E-state index in [1.807, 2.05) is 0 Å². The molecular weight excluding hydrogens is 376 g/mol. The number of fused-ring (bicyclic) bond motifs is 4. The molecule has 0 radical (unpaired) electrons. The third kappa shape index (κ3) is 4.21. The van der Waals surface area contributed by atoms with Crippen molar-refractivity contribution in [3.8, 4) is 0 Å². The van der Waals surface area contributed by atoms with Gasteiger partial charge in [0.15, 0.2) is 0 Å². The quantitative estimate of drug-likeness (QED) is 0.528. The minimum atomic E-state index is -0.409. The summed E-state index contributed by atoms with van der Waals surface area (Å²) in [5, 5.41) is 0. The van der Waals surface area contributed by atoms with Crippen LogP contribution in [0.2, 0.25) is 0 Å². The largest absolute Gasteiger partial charge is 0.456 e. The molecule has 3 aliphatic rings. The molecule has 0 aromatic heterocycles. The number of ether oxygens (including phenoxy) is 3. The van der Waals surface area contributed by atoms with E-state index in [0.29, 0.717) is 13.2 Å². The highest BCUT2D eigenvalue weighted by Gasteiger charge is 2.52. The molecule has 3 fully saturated rings. The molecular formula is C26H30O4. The van der Waals surface area contributed by atoms with E-state index in [9.17, 15) is 4.79 Å². The van der Waals surface area contributed by atoms with Gasteiger partial charge in [-0.25, -0.2) is 4.79 Å². The van der Waals surface area contributed by atoms with Gasteiger partial charge in [-0.05, 0) is 55.4 Å². The summed E-state index contributed by atoms with van der Waals surface area (Å²) in [6, 6.07) is 16.9. The second kappa shape index (κ2) is 8.75. The Morgan fingerprint density at radius 1 is 1.03 bits per heavy atom. The molecule has 3 heterocycles. The number of hydrogen-bond acceptors (Lipinski definition) is 4. The molecule has 4 nitrogen and oxygen atoms in total. The van der Waals surface area contributed by atoms with Gasteiger partial charge in [-0.15, -0.1) is 0 Å². The molecule has 0 spiro atoms. The molecule has 3 saturated heterocycles. The first-order valence-electron chi connectivity index (χ1n) is 10.7. The third-order valence-electron chi connectivity index (χ3n) is 6.59. The van der Waals surface area contributed by atoms with Crippen LogP contribution in [0.1, 0.15) is 28.7 Å². The van der Waals surface area contributed by atoms with Crippen molar-refractivity contribution < 1.29 is 19.0 Å². The summed E-state index contributed by atoms with van der Waals surface area (Å²) < 4.78 is 18.2. The van der Waals surface area contributed by atoms with Crippen LogP contribution in [0.15, 0.2) is 61.2 Å². The molecule has 2 aromatic carbocycles. The molecule has 30 heavy (non-hydrogen) atoms. The van der Waals surface area contributed by atoms with Crippen LogP contribution in [0.4, 0.5) is 0 Å². The zero-order valence-electron chi connectivity index (χ0n) is 17.8. The fraction of sp³-hybridized carbons (Fsp3) is 0.423. The predicted molar refractivity (Wildman–Crippen MR) is 116 cm³/mol. The van der Waals surface area contributed by atoms with E-state index in [2.05, 4.69) is 69.0 Å². The second-order valence-corrected chi connectivity index (χ2v) is 8.66. The lowest BCUT2D eigenvalue weighted by molar-refractivity contribution is -0.176. The monoisotopic (exact) mass is 406 g/mol. The normalized spacial score (nSPS) is 24.8. The summed E-state index contributed by atoms with van der Waals surface area (Å²) in [6.45, 7) is 8.87. The summed E-state index contributed by atoms with van der Waals surface area (Å²) >= 11 is 0. The number of benzene rings is 2. The van der Waals surface area contributed by atoms with Gasteiger partial charge in [0.1, 0.15) is 12.2 Å². The van der Waals surface area contributed by atoms with E-state index in [1.54, 1.807) is 0 Å². The smallest absolute Gasteiger partial charge is 0.330 e. The van der Waals surface area contributed by atoms with Crippen molar-refractivity contribution in [2.24, 2.45) is 5.41 Å². The number of carbonyl (C=O) groups excluding carboxylic acids is 1. The van der Waals surface area contributed by atoms with E-state index >= 15 is 0 Å². The summed E-state index contributed by atoms with van der Waals surface area (Å²) in [5.74, 6) is -0.409. The lowest BCUT2D eigenvalue weighted by Gasteiger charge is -2.41. The molecule has 0 aliphatic carbocycles. The van der Waals surface area contributed by atoms with Gasteiger partial charge in [0.05, 0.1) is 19.3 Å². The lowest BCUT2D eigenvalue weighted by atomic mass is 9.67. The van der Waals surface area contributed by atoms with Crippen LogP contribution in [0.25, 0.3) is 0 Å². The predicted octanol–water partition coefficient (Wildman–Crippen LogP) is 4.36. The SMILES string of the molecule is C=CC(=O)O[C@@H]1[C@H]2CO[C@H](CO2)CC1(Cc1ccccc1C)Cc1ccccc1C. The Kier molecular flexibility index (Phi) is 6.07. The van der Waals surface area contributed by atoms with Crippen molar-refractivity contribution in [1.29, 1.82) is 0 Å². The highest BCUT2D eigenvalue weighted by molar-refractivity contribution is 5.81. The molecule has 0 N–H and O–H groups in total. The zero-order chi connectivity index (χ0) is 21.1. The fourth-order valence-electron chi connectivity index (χ4n) is 4.97. The average Bonchev–Trinajstić information content (AvgIpc) is 2.97. The molecule has 0 amide bonds. The molecule has 0 unspecified atom stereocenters. The van der Waals surface area contributed by atoms with Crippen molar-refractivity contribution in [3.05, 3.63) is 83.4 Å². The average molecular weight is 407 g/mol. The highest BCUT2D eigenvalue weighted by Crippen LogP contribution is 2.45. The first-order valence-corrected chi connectivity index (χ1v) is 10.7. The Bertz CT molecular complexity index is 863. The number of esters is 1. The molecule has 5 rings (SSSR count). The van der Waals surface area contributed by atoms with Gasteiger partial charge in [-0.1, -0.05) is 55.1 Å². The van der Waals surface area contributed by atoms with E-state index < -0.39 is 12.1 Å². The summed E-state index contributed by atoms with van der Waals surface area (Å²) in [5.41, 5.74) is 4.70. The van der Waals surface area contributed by atoms with Gasteiger partial charge in [-0.3, -0.25) is 0 Å². The number of aryl methyl sites for hydroxylation is 2. The maximum absolute atomic E-state index is 12.4. The fourth-order valence-corrected chi connectivity index (χ4v) is 4.97. The van der Waals surface area contributed by atoms with Crippen LogP contribution in [-0.4, -0.2) is 37.5 Å². The van der Waals surface area contributed by atoms with Crippen LogP contribution >= 0.6 is 0 Å². The molecule has 3 aliphatic heterocycles. The number of carbonyl (C=O) groups is 1. The van der Waals surface area contributed by atoms with Crippen LogP contribution in [-0.2, 0) is 31.8 Å². The van der Waals surface area contributed by atoms with E-state index in [1.165, 1.54) is 28.3 Å². The molecule has 3 atom stereocenters. The van der Waals surface area contributed by atoms with Gasteiger partial charge >= 0.3 is 5.97 Å². The molecule has 158 valence electrons. The standard InChI is InChI=1S/C26H30O4/c1-4-24(27)30-25-23-17-28-22(16-29-23)15-26(25,13-20-11-7-5-9-18(20)2)14-21-12-8-6-10-19(21)3/h4-12,22-23,25H,1,13-17H2,2-3H3/t22-,23+,25+/m0/s1. The van der Waals surface area contributed by atoms with E-state index in [-0.39, 0.29) is 17.6 Å². The maximum atomic E-state index is 12.4. The van der Waals surface area contributed by atoms with Gasteiger partial charge in [0.2, 0.25) is 0 Å². The van der Waals surface area contributed by atoms with Crippen molar-refractivity contribution in [2.75, 3.05) is 13.2 Å². The Morgan fingerprint density at radius 2 is 1.63 bits per heavy atom. The molecule has 2 bridgehead atoms. The van der Waals surface area contributed by atoms with Gasteiger partial charge < -0.3 is 14.2 Å². The third-order valence-corrected chi connectivity index (χ3v) is 6.59. The van der Waals surface area contributed by atoms with Crippen LogP contribution in [0, 0.1) is 19.3 Å². The minimum Gasteiger partial charge on any atom is -0.456 e. The topological polar surface area (TPSA) is 44.8 Å². The summed E-state index contributed by atoms with van der Waals surface area (Å²) in [6.07, 6.45) is 2.93. The minimum absolute atomic E-state index is 0.00159. The Labute approximate surface area is 178 Å². The molecule has 2 aromatic rings. The van der Waals surface area contributed by atoms with Crippen LogP contribution in [0.5, 0.6) is 0 Å². The molecule has 0 saturated carbocycles. The number of hydrogen-bond donors (Lipinski definition) is 0. The van der Waals surface area contributed by atoms with Crippen LogP contribution < -0.4 is 0 Å². The Morgan fingerprint density at radius 3 is 2.13 bits per heavy atom. The Balaban J connectivity index is 1.82. The highest BCUT2D eigenvalue weighted by atomic mass is 16.6. The van der Waals surface area contributed by atoms with Gasteiger partial charge in [-0.2, -0.15) is 0 Å². The van der Waals surface area contributed by atoms with Crippen molar-refractivity contribution in [3.63, 3.8) is 0 Å².